The van der Waals surface area contributed by atoms with E-state index in [1.807, 2.05) is 33.7 Å². The third kappa shape index (κ3) is 2.50. The van der Waals surface area contributed by atoms with Gasteiger partial charge in [0.15, 0.2) is 0 Å². The molecule has 4 rings (SSSR count). The second-order valence-electron chi connectivity index (χ2n) is 6.47. The third-order valence-electron chi connectivity index (χ3n) is 4.69. The molecule has 4 heteroatoms. The quantitative estimate of drug-likeness (QED) is 0.520. The number of carbonyl (C=O) groups excluding carboxylic acids is 1. The highest BCUT2D eigenvalue weighted by Crippen LogP contribution is 2.27. The average Bonchev–Trinajstić information content (AvgIpc) is 3.19. The smallest absolute Gasteiger partial charge is 0.350 e. The van der Waals surface area contributed by atoms with Crippen LogP contribution in [0.25, 0.3) is 21.8 Å². The van der Waals surface area contributed by atoms with Crippen LogP contribution in [-0.4, -0.2) is 22.2 Å². The first-order valence-electron chi connectivity index (χ1n) is 8.31. The van der Waals surface area contributed by atoms with Crippen LogP contribution < -0.4 is 0 Å². The number of rotatable bonds is 3. The van der Waals surface area contributed by atoms with Gasteiger partial charge in [0, 0.05) is 12.4 Å². The van der Waals surface area contributed by atoms with Gasteiger partial charge in [-0.05, 0) is 61.0 Å². The molecule has 2 aromatic heterocycles. The van der Waals surface area contributed by atoms with Crippen molar-refractivity contribution in [2.24, 2.45) is 0 Å². The maximum atomic E-state index is 12.7. The zero-order chi connectivity index (χ0) is 17.6. The lowest BCUT2D eigenvalue weighted by Gasteiger charge is -2.21. The summed E-state index contributed by atoms with van der Waals surface area (Å²) in [5.41, 5.74) is 4.41. The zero-order valence-corrected chi connectivity index (χ0v) is 14.6. The highest BCUT2D eigenvalue weighted by Gasteiger charge is 2.25. The first kappa shape index (κ1) is 15.5. The molecule has 25 heavy (non-hydrogen) atoms. The summed E-state index contributed by atoms with van der Waals surface area (Å²) in [5.74, 6) is -0.295. The van der Waals surface area contributed by atoms with Crippen LogP contribution in [0, 0.1) is 13.8 Å². The van der Waals surface area contributed by atoms with Gasteiger partial charge in [0.05, 0.1) is 18.1 Å². The van der Waals surface area contributed by atoms with E-state index in [9.17, 15) is 4.79 Å². The lowest BCUT2D eigenvalue weighted by Crippen LogP contribution is -2.26. The summed E-state index contributed by atoms with van der Waals surface area (Å²) in [6.45, 7) is 4.13. The summed E-state index contributed by atoms with van der Waals surface area (Å²) in [7, 11) is 1.43. The van der Waals surface area contributed by atoms with Crippen molar-refractivity contribution in [2.75, 3.05) is 7.11 Å². The first-order chi connectivity index (χ1) is 12.1. The number of hydrogen-bond acceptors (Lipinski definition) is 2. The van der Waals surface area contributed by atoms with E-state index in [2.05, 4.69) is 50.2 Å². The van der Waals surface area contributed by atoms with Gasteiger partial charge in [-0.25, -0.2) is 4.79 Å². The number of fused-ring (bicyclic) bond motifs is 2. The second kappa shape index (κ2) is 5.81. The molecule has 0 saturated carbocycles. The van der Waals surface area contributed by atoms with Crippen LogP contribution in [-0.2, 0) is 9.53 Å². The Balaban J connectivity index is 1.95. The van der Waals surface area contributed by atoms with E-state index >= 15 is 0 Å². The van der Waals surface area contributed by atoms with Crippen LogP contribution in [0.5, 0.6) is 0 Å². The topological polar surface area (TPSA) is 36.2 Å². The van der Waals surface area contributed by atoms with Gasteiger partial charge in [-0.1, -0.05) is 23.3 Å². The second-order valence-corrected chi connectivity index (χ2v) is 6.47. The standard InChI is InChI=1S/C21H20N2O2/c1-14-4-6-18-16(12-14)8-10-22(18)20(21(24)25-3)23-11-9-17-13-15(2)5-7-19(17)23/h4-13,20H,1-3H3. The van der Waals surface area contributed by atoms with E-state index in [1.54, 1.807) is 0 Å². The van der Waals surface area contributed by atoms with Crippen molar-refractivity contribution in [3.05, 3.63) is 72.1 Å². The first-order valence-corrected chi connectivity index (χ1v) is 8.31. The van der Waals surface area contributed by atoms with Crippen molar-refractivity contribution in [1.29, 1.82) is 0 Å². The van der Waals surface area contributed by atoms with Crippen LogP contribution in [0.2, 0.25) is 0 Å². The number of carbonyl (C=O) groups is 1. The fraction of sp³-hybridized carbons (Fsp3) is 0.190. The molecule has 0 atom stereocenters. The monoisotopic (exact) mass is 332 g/mol. The third-order valence-corrected chi connectivity index (χ3v) is 4.69. The van der Waals surface area contributed by atoms with E-state index in [4.69, 9.17) is 4.74 Å². The number of aryl methyl sites for hydroxylation is 2. The lowest BCUT2D eigenvalue weighted by molar-refractivity contribution is -0.145. The molecule has 0 spiro atoms. The Bertz CT molecular complexity index is 1010. The van der Waals surface area contributed by atoms with Crippen molar-refractivity contribution < 1.29 is 9.53 Å². The molecule has 2 aromatic carbocycles. The number of benzene rings is 2. The molecule has 126 valence electrons. The van der Waals surface area contributed by atoms with Gasteiger partial charge in [0.25, 0.3) is 0 Å². The van der Waals surface area contributed by atoms with Gasteiger partial charge >= 0.3 is 5.97 Å². The fourth-order valence-corrected chi connectivity index (χ4v) is 3.46. The van der Waals surface area contributed by atoms with Crippen LogP contribution in [0.15, 0.2) is 60.9 Å². The van der Waals surface area contributed by atoms with Gasteiger partial charge in [0.1, 0.15) is 0 Å². The van der Waals surface area contributed by atoms with E-state index in [-0.39, 0.29) is 5.97 Å². The number of methoxy groups -OCH3 is 1. The number of esters is 1. The van der Waals surface area contributed by atoms with Gasteiger partial charge in [-0.2, -0.15) is 0 Å². The van der Waals surface area contributed by atoms with Crippen LogP contribution in [0.4, 0.5) is 0 Å². The van der Waals surface area contributed by atoms with Gasteiger partial charge < -0.3 is 13.9 Å². The SMILES string of the molecule is COC(=O)C(n1ccc2cc(C)ccc21)n1ccc2cc(C)ccc21. The Morgan fingerprint density at radius 1 is 0.840 bits per heavy atom. The summed E-state index contributed by atoms with van der Waals surface area (Å²) in [4.78, 5) is 12.7. The predicted octanol–water partition coefficient (Wildman–Crippen LogP) is 4.43. The number of nitrogens with zero attached hydrogens (tertiary/aromatic N) is 2. The van der Waals surface area contributed by atoms with Crippen LogP contribution >= 0.6 is 0 Å². The summed E-state index contributed by atoms with van der Waals surface area (Å²) >= 11 is 0. The van der Waals surface area contributed by atoms with Crippen molar-refractivity contribution >= 4 is 27.8 Å². The maximum absolute atomic E-state index is 12.7. The molecule has 2 heterocycles. The molecule has 0 N–H and O–H groups in total. The van der Waals surface area contributed by atoms with Gasteiger partial charge in [-0.15, -0.1) is 0 Å². The molecule has 0 saturated heterocycles. The van der Waals surface area contributed by atoms with Crippen LogP contribution in [0.1, 0.15) is 17.3 Å². The summed E-state index contributed by atoms with van der Waals surface area (Å²) in [6.07, 6.45) is 3.32. The molecule has 4 aromatic rings. The highest BCUT2D eigenvalue weighted by molar-refractivity contribution is 5.87. The molecule has 0 aliphatic rings. The van der Waals surface area contributed by atoms with Crippen molar-refractivity contribution in [2.45, 2.75) is 20.0 Å². The van der Waals surface area contributed by atoms with E-state index in [1.165, 1.54) is 18.2 Å². The maximum Gasteiger partial charge on any atom is 0.350 e. The summed E-state index contributed by atoms with van der Waals surface area (Å²) in [5, 5.41) is 2.22. The molecular formula is C21H20N2O2. The minimum Gasteiger partial charge on any atom is -0.466 e. The van der Waals surface area contributed by atoms with E-state index in [0.717, 1.165) is 21.8 Å². The predicted molar refractivity (Wildman–Crippen MR) is 99.8 cm³/mol. The molecule has 0 fully saturated rings. The molecule has 0 bridgehead atoms. The Labute approximate surface area is 146 Å². The normalized spacial score (nSPS) is 11.5. The average molecular weight is 332 g/mol. The van der Waals surface area contributed by atoms with E-state index < -0.39 is 6.17 Å². The molecule has 0 aliphatic carbocycles. The Morgan fingerprint density at radius 2 is 1.32 bits per heavy atom. The Morgan fingerprint density at radius 3 is 1.76 bits per heavy atom. The Kier molecular flexibility index (Phi) is 3.61. The number of aromatic nitrogens is 2. The minimum absolute atomic E-state index is 0.295. The van der Waals surface area contributed by atoms with Crippen molar-refractivity contribution in [3.8, 4) is 0 Å². The number of hydrogen-bond donors (Lipinski definition) is 0. The molecule has 0 unspecified atom stereocenters. The molecular weight excluding hydrogens is 312 g/mol. The Hall–Kier alpha value is -3.01. The summed E-state index contributed by atoms with van der Waals surface area (Å²) < 4.78 is 9.07. The summed E-state index contributed by atoms with van der Waals surface area (Å²) in [6, 6.07) is 16.5. The number of ether oxygens (including phenoxy) is 1. The highest BCUT2D eigenvalue weighted by atomic mass is 16.5. The fourth-order valence-electron chi connectivity index (χ4n) is 3.46. The van der Waals surface area contributed by atoms with Crippen molar-refractivity contribution in [3.63, 3.8) is 0 Å². The zero-order valence-electron chi connectivity index (χ0n) is 14.6. The van der Waals surface area contributed by atoms with Gasteiger partial charge in [0.2, 0.25) is 6.17 Å². The molecule has 0 radical (unpaired) electrons. The van der Waals surface area contributed by atoms with E-state index in [0.29, 0.717) is 0 Å². The van der Waals surface area contributed by atoms with Gasteiger partial charge in [-0.3, -0.25) is 0 Å². The largest absolute Gasteiger partial charge is 0.466 e. The van der Waals surface area contributed by atoms with Crippen LogP contribution in [0.3, 0.4) is 0 Å². The minimum atomic E-state index is -0.578. The molecule has 4 nitrogen and oxygen atoms in total. The molecule has 0 aliphatic heterocycles. The molecule has 0 amide bonds. The lowest BCUT2D eigenvalue weighted by atomic mass is 10.2. The van der Waals surface area contributed by atoms with Crippen molar-refractivity contribution in [1.82, 2.24) is 9.13 Å².